The lowest BCUT2D eigenvalue weighted by molar-refractivity contribution is -0.299. The van der Waals surface area contributed by atoms with Gasteiger partial charge in [-0.25, -0.2) is 0 Å². The standard InChI is InChI=1S/C33H57N3O7/c1-20-18-33(5,40)30(43-32-29(38)27(35(6)7)16-21(2)42-32)22(3)28(37)23(4)31(39)34-25(14-15-36(8)19-20)17-24-10-12-26(41-9)13-11-24/h10-13,20-23,25,27-30,32,37-38,40H,14-19H2,1-9H3,(H,34,39)/t20-,21-,22+,23?,25?,27+,28+,29-,30-,32+,33-/m1/s1. The van der Waals surface area contributed by atoms with Crippen molar-refractivity contribution in [3.05, 3.63) is 29.8 Å². The molecule has 43 heavy (non-hydrogen) atoms. The topological polar surface area (TPSA) is 124 Å². The first-order valence-corrected chi connectivity index (χ1v) is 15.8. The summed E-state index contributed by atoms with van der Waals surface area (Å²) in [6.07, 6.45) is -1.67. The van der Waals surface area contributed by atoms with Crippen molar-refractivity contribution >= 4 is 5.91 Å². The number of methoxy groups -OCH3 is 1. The maximum atomic E-state index is 13.6. The zero-order valence-corrected chi connectivity index (χ0v) is 27.7. The van der Waals surface area contributed by atoms with E-state index in [0.29, 0.717) is 19.3 Å². The highest BCUT2D eigenvalue weighted by Gasteiger charge is 2.47. The van der Waals surface area contributed by atoms with Crippen molar-refractivity contribution in [3.8, 4) is 5.75 Å². The predicted octanol–water partition coefficient (Wildman–Crippen LogP) is 2.28. The molecule has 0 aliphatic carbocycles. The van der Waals surface area contributed by atoms with Crippen LogP contribution in [0.1, 0.15) is 59.4 Å². The lowest BCUT2D eigenvalue weighted by atomic mass is 9.77. The minimum atomic E-state index is -1.37. The van der Waals surface area contributed by atoms with Gasteiger partial charge in [0.1, 0.15) is 11.9 Å². The van der Waals surface area contributed by atoms with Crippen LogP contribution in [-0.4, -0.2) is 121 Å². The van der Waals surface area contributed by atoms with E-state index in [1.54, 1.807) is 27.9 Å². The van der Waals surface area contributed by atoms with Crippen molar-refractivity contribution < 1.29 is 34.3 Å². The first-order valence-electron chi connectivity index (χ1n) is 15.8. The Morgan fingerprint density at radius 2 is 1.77 bits per heavy atom. The summed E-state index contributed by atoms with van der Waals surface area (Å²) in [7, 11) is 7.51. The monoisotopic (exact) mass is 607 g/mol. The molecule has 1 amide bonds. The number of nitrogens with one attached hydrogen (secondary N) is 1. The molecule has 246 valence electrons. The number of nitrogens with zero attached hydrogens (tertiary/aromatic N) is 2. The van der Waals surface area contributed by atoms with Gasteiger partial charge >= 0.3 is 0 Å². The highest BCUT2D eigenvalue weighted by Crippen LogP contribution is 2.35. The molecule has 10 heteroatoms. The van der Waals surface area contributed by atoms with Gasteiger partial charge < -0.3 is 44.6 Å². The summed E-state index contributed by atoms with van der Waals surface area (Å²) in [6.45, 7) is 10.8. The second kappa shape index (κ2) is 15.5. The Morgan fingerprint density at radius 1 is 1.12 bits per heavy atom. The molecule has 2 saturated heterocycles. The summed E-state index contributed by atoms with van der Waals surface area (Å²) < 4.78 is 17.8. The zero-order chi connectivity index (χ0) is 32.1. The number of benzene rings is 1. The van der Waals surface area contributed by atoms with E-state index in [1.807, 2.05) is 50.2 Å². The van der Waals surface area contributed by atoms with E-state index in [0.717, 1.165) is 30.8 Å². The van der Waals surface area contributed by atoms with Gasteiger partial charge in [-0.15, -0.1) is 0 Å². The highest BCUT2D eigenvalue weighted by atomic mass is 16.7. The predicted molar refractivity (Wildman–Crippen MR) is 167 cm³/mol. The Morgan fingerprint density at radius 3 is 2.37 bits per heavy atom. The van der Waals surface area contributed by atoms with Gasteiger partial charge in [-0.3, -0.25) is 4.79 Å². The number of hydrogen-bond acceptors (Lipinski definition) is 9. The van der Waals surface area contributed by atoms with Gasteiger partial charge in [0.05, 0.1) is 36.9 Å². The minimum absolute atomic E-state index is 0.107. The third kappa shape index (κ3) is 9.60. The molecule has 2 fully saturated rings. The Kier molecular flexibility index (Phi) is 12.8. The zero-order valence-electron chi connectivity index (χ0n) is 27.7. The molecular weight excluding hydrogens is 550 g/mol. The molecule has 11 atom stereocenters. The summed E-state index contributed by atoms with van der Waals surface area (Å²) in [4.78, 5) is 17.8. The molecule has 10 nitrogen and oxygen atoms in total. The molecule has 0 radical (unpaired) electrons. The quantitative estimate of drug-likeness (QED) is 0.386. The number of aliphatic hydroxyl groups excluding tert-OH is 2. The minimum Gasteiger partial charge on any atom is -0.497 e. The van der Waals surface area contributed by atoms with Crippen molar-refractivity contribution in [1.29, 1.82) is 0 Å². The average Bonchev–Trinajstić information content (AvgIpc) is 2.94. The van der Waals surface area contributed by atoms with Crippen molar-refractivity contribution in [1.82, 2.24) is 15.1 Å². The summed E-state index contributed by atoms with van der Waals surface area (Å²) >= 11 is 0. The maximum absolute atomic E-state index is 13.6. The van der Waals surface area contributed by atoms with Gasteiger partial charge in [0.25, 0.3) is 0 Å². The molecule has 2 heterocycles. The van der Waals surface area contributed by atoms with Gasteiger partial charge in [0.2, 0.25) is 5.91 Å². The summed E-state index contributed by atoms with van der Waals surface area (Å²) in [5, 5.41) is 37.9. The third-order valence-corrected chi connectivity index (χ3v) is 9.34. The number of likely N-dealkylation sites (N-methyl/N-ethyl adjacent to an activating group) is 1. The van der Waals surface area contributed by atoms with Crippen molar-refractivity contribution in [2.24, 2.45) is 17.8 Å². The second-order valence-electron chi connectivity index (χ2n) is 13.7. The lowest BCUT2D eigenvalue weighted by Crippen LogP contribution is -2.59. The summed E-state index contributed by atoms with van der Waals surface area (Å²) in [5.74, 6) is -0.770. The Bertz CT molecular complexity index is 1010. The summed E-state index contributed by atoms with van der Waals surface area (Å²) in [6, 6.07) is 7.55. The fourth-order valence-corrected chi connectivity index (χ4v) is 6.92. The molecule has 4 N–H and O–H groups in total. The van der Waals surface area contributed by atoms with Gasteiger partial charge in [-0.2, -0.15) is 0 Å². The van der Waals surface area contributed by atoms with Gasteiger partial charge in [-0.05, 0) is 90.8 Å². The molecule has 2 aliphatic rings. The fraction of sp³-hybridized carbons (Fsp3) is 0.788. The van der Waals surface area contributed by atoms with E-state index >= 15 is 0 Å². The Hall–Kier alpha value is -1.79. The maximum Gasteiger partial charge on any atom is 0.225 e. The van der Waals surface area contributed by atoms with Crippen LogP contribution in [0, 0.1) is 17.8 Å². The van der Waals surface area contributed by atoms with Crippen LogP contribution >= 0.6 is 0 Å². The number of carbonyl (C=O) groups is 1. The molecule has 0 aromatic heterocycles. The van der Waals surface area contributed by atoms with Crippen LogP contribution in [0.3, 0.4) is 0 Å². The average molecular weight is 608 g/mol. The van der Waals surface area contributed by atoms with E-state index in [4.69, 9.17) is 14.2 Å². The van der Waals surface area contributed by atoms with E-state index in [9.17, 15) is 20.1 Å². The SMILES string of the molecule is COc1ccc(CC2CCN(C)C[C@H](C)C[C@@](C)(O)[C@H](O[C@@H]3O[C@H](C)C[C@H](N(C)C)[C@H]3O)[C@@H](C)[C@H](O)C(C)C(=O)N2)cc1. The van der Waals surface area contributed by atoms with Crippen LogP contribution in [0.15, 0.2) is 24.3 Å². The molecule has 0 spiro atoms. The third-order valence-electron chi connectivity index (χ3n) is 9.34. The van der Waals surface area contributed by atoms with Crippen LogP contribution in [0.25, 0.3) is 0 Å². The molecule has 0 saturated carbocycles. The van der Waals surface area contributed by atoms with E-state index in [1.165, 1.54) is 0 Å². The first-order chi connectivity index (χ1) is 20.1. The van der Waals surface area contributed by atoms with Gasteiger partial charge in [-0.1, -0.05) is 32.9 Å². The van der Waals surface area contributed by atoms with Crippen LogP contribution in [0.2, 0.25) is 0 Å². The molecule has 2 aliphatic heterocycles. The number of amides is 1. The number of hydrogen-bond donors (Lipinski definition) is 4. The lowest BCUT2D eigenvalue weighted by Gasteiger charge is -2.46. The second-order valence-corrected chi connectivity index (χ2v) is 13.7. The van der Waals surface area contributed by atoms with Crippen LogP contribution in [0.4, 0.5) is 0 Å². The highest BCUT2D eigenvalue weighted by molar-refractivity contribution is 5.79. The van der Waals surface area contributed by atoms with Crippen molar-refractivity contribution in [2.45, 2.75) is 109 Å². The smallest absolute Gasteiger partial charge is 0.225 e. The van der Waals surface area contributed by atoms with Crippen molar-refractivity contribution in [3.63, 3.8) is 0 Å². The normalized spacial score (nSPS) is 39.2. The molecule has 1 aromatic rings. The van der Waals surface area contributed by atoms with Crippen LogP contribution in [-0.2, 0) is 20.7 Å². The number of aliphatic hydroxyl groups is 3. The Balaban J connectivity index is 1.88. The van der Waals surface area contributed by atoms with E-state index in [2.05, 4.69) is 24.2 Å². The number of ether oxygens (including phenoxy) is 3. The molecule has 3 rings (SSSR count). The first kappa shape index (κ1) is 35.7. The largest absolute Gasteiger partial charge is 0.497 e. The van der Waals surface area contributed by atoms with Crippen LogP contribution in [0.5, 0.6) is 5.75 Å². The molecule has 1 aromatic carbocycles. The molecule has 2 unspecified atom stereocenters. The van der Waals surface area contributed by atoms with E-state index in [-0.39, 0.29) is 30.0 Å². The fourth-order valence-electron chi connectivity index (χ4n) is 6.92. The Labute approximate surface area is 258 Å². The molecular formula is C33H57N3O7. The summed E-state index contributed by atoms with van der Waals surface area (Å²) in [5.41, 5.74) is -0.277. The van der Waals surface area contributed by atoms with Gasteiger partial charge in [0, 0.05) is 24.5 Å². The van der Waals surface area contributed by atoms with Crippen LogP contribution < -0.4 is 10.1 Å². The number of rotatable bonds is 6. The van der Waals surface area contributed by atoms with Gasteiger partial charge in [0.15, 0.2) is 6.29 Å². The van der Waals surface area contributed by atoms with Crippen molar-refractivity contribution in [2.75, 3.05) is 41.3 Å². The number of carbonyl (C=O) groups excluding carboxylic acids is 1. The molecule has 0 bridgehead atoms. The van der Waals surface area contributed by atoms with E-state index < -0.39 is 42.0 Å².